The number of hydrogen-bond acceptors (Lipinski definition) is 5. The van der Waals surface area contributed by atoms with Crippen LogP contribution in [0.4, 0.5) is 0 Å². The first-order chi connectivity index (χ1) is 13.7. The number of aliphatic hydroxyl groups excluding tert-OH is 1. The molecule has 0 aromatic carbocycles. The average molecular weight is 387 g/mol. The molecule has 2 aliphatic rings. The van der Waals surface area contributed by atoms with Crippen LogP contribution in [0.1, 0.15) is 48.9 Å². The van der Waals surface area contributed by atoms with Gasteiger partial charge in [-0.15, -0.1) is 0 Å². The van der Waals surface area contributed by atoms with Gasteiger partial charge < -0.3 is 20.5 Å². The monoisotopic (exact) mass is 387 g/mol. The number of aromatic nitrogens is 1. The van der Waals surface area contributed by atoms with Crippen LogP contribution in [0, 0.1) is 5.92 Å². The molecule has 0 unspecified atom stereocenters. The number of amides is 2. The summed E-state index contributed by atoms with van der Waals surface area (Å²) in [5.74, 6) is 0.275. The molecule has 7 nitrogen and oxygen atoms in total. The van der Waals surface area contributed by atoms with E-state index in [4.69, 9.17) is 4.74 Å². The van der Waals surface area contributed by atoms with Gasteiger partial charge in [0.15, 0.2) is 0 Å². The number of carbonyl (C=O) groups excluding carboxylic acids is 2. The van der Waals surface area contributed by atoms with E-state index in [0.717, 1.165) is 6.54 Å². The predicted molar refractivity (Wildman–Crippen MR) is 105 cm³/mol. The Morgan fingerprint density at radius 1 is 1.14 bits per heavy atom. The lowest BCUT2D eigenvalue weighted by Gasteiger charge is -2.31. The van der Waals surface area contributed by atoms with Crippen LogP contribution in [-0.2, 0) is 9.53 Å². The molecule has 0 radical (unpaired) electrons. The summed E-state index contributed by atoms with van der Waals surface area (Å²) in [5.41, 5.74) is 0.490. The van der Waals surface area contributed by atoms with Crippen LogP contribution in [0.25, 0.3) is 0 Å². The summed E-state index contributed by atoms with van der Waals surface area (Å²) in [5, 5.41) is 15.5. The molecule has 152 valence electrons. The Bertz CT molecular complexity index is 673. The van der Waals surface area contributed by atoms with E-state index >= 15 is 0 Å². The van der Waals surface area contributed by atoms with Crippen molar-refractivity contribution in [3.8, 4) is 0 Å². The van der Waals surface area contributed by atoms with E-state index in [1.165, 1.54) is 32.1 Å². The summed E-state index contributed by atoms with van der Waals surface area (Å²) < 4.78 is 5.82. The summed E-state index contributed by atoms with van der Waals surface area (Å²) in [7, 11) is 0. The third kappa shape index (κ3) is 5.87. The van der Waals surface area contributed by atoms with Crippen molar-refractivity contribution in [1.29, 1.82) is 0 Å². The van der Waals surface area contributed by atoms with Gasteiger partial charge in [0.1, 0.15) is 6.10 Å². The summed E-state index contributed by atoms with van der Waals surface area (Å²) in [6.07, 6.45) is 12.1. The van der Waals surface area contributed by atoms with E-state index in [2.05, 4.69) is 15.6 Å². The van der Waals surface area contributed by atoms with Crippen LogP contribution in [0.15, 0.2) is 36.7 Å². The minimum Gasteiger partial charge on any atom is -0.394 e. The molecule has 28 heavy (non-hydrogen) atoms. The number of rotatable bonds is 7. The number of hydrogen-bond donors (Lipinski definition) is 3. The van der Waals surface area contributed by atoms with Crippen molar-refractivity contribution in [1.82, 2.24) is 15.6 Å². The first-order valence-electron chi connectivity index (χ1n) is 10.1. The standard InChI is InChI=1S/C21H29N3O4/c25-14-19-18(24-21(27)16-8-10-22-11-9-16)7-6-17(28-19)12-20(26)23-13-15-4-2-1-3-5-15/h6-11,15,17-19,25H,1-5,12-14H2,(H,23,26)(H,24,27)/t17-,18+,19-/m1/s1. The highest BCUT2D eigenvalue weighted by atomic mass is 16.5. The molecule has 7 heteroatoms. The van der Waals surface area contributed by atoms with Crippen molar-refractivity contribution in [3.63, 3.8) is 0 Å². The molecule has 1 saturated carbocycles. The lowest BCUT2D eigenvalue weighted by Crippen LogP contribution is -2.49. The van der Waals surface area contributed by atoms with Crippen LogP contribution in [0.2, 0.25) is 0 Å². The van der Waals surface area contributed by atoms with E-state index in [1.807, 2.05) is 0 Å². The number of aliphatic hydroxyl groups is 1. The van der Waals surface area contributed by atoms with Gasteiger partial charge in [0.25, 0.3) is 5.91 Å². The Labute approximate surface area is 165 Å². The maximum absolute atomic E-state index is 12.3. The normalized spacial score (nSPS) is 25.2. The van der Waals surface area contributed by atoms with Crippen LogP contribution >= 0.6 is 0 Å². The van der Waals surface area contributed by atoms with Gasteiger partial charge in [-0.1, -0.05) is 31.4 Å². The van der Waals surface area contributed by atoms with Gasteiger partial charge in [0.05, 0.1) is 25.2 Å². The second-order valence-corrected chi connectivity index (χ2v) is 7.53. The second kappa shape index (κ2) is 10.3. The zero-order valence-corrected chi connectivity index (χ0v) is 16.0. The van der Waals surface area contributed by atoms with E-state index in [0.29, 0.717) is 11.5 Å². The SMILES string of the molecule is O=C(C[C@H]1C=C[C@H](NC(=O)c2ccncc2)[C@@H](CO)O1)NCC1CCCCC1. The molecule has 0 saturated heterocycles. The van der Waals surface area contributed by atoms with Crippen LogP contribution in [0.5, 0.6) is 0 Å². The maximum atomic E-state index is 12.3. The minimum absolute atomic E-state index is 0.0452. The molecule has 1 aromatic heterocycles. The molecule has 1 aromatic rings. The van der Waals surface area contributed by atoms with Gasteiger partial charge in [-0.3, -0.25) is 14.6 Å². The van der Waals surface area contributed by atoms with Crippen molar-refractivity contribution < 1.29 is 19.4 Å². The van der Waals surface area contributed by atoms with Gasteiger partial charge in [-0.05, 0) is 30.9 Å². The lowest BCUT2D eigenvalue weighted by molar-refractivity contribution is -0.125. The largest absolute Gasteiger partial charge is 0.394 e. The number of carbonyl (C=O) groups is 2. The minimum atomic E-state index is -0.591. The molecule has 1 aliphatic carbocycles. The summed E-state index contributed by atoms with van der Waals surface area (Å²) in [6.45, 7) is 0.481. The third-order valence-corrected chi connectivity index (χ3v) is 5.40. The summed E-state index contributed by atoms with van der Waals surface area (Å²) in [4.78, 5) is 28.4. The Kier molecular flexibility index (Phi) is 7.56. The Hall–Kier alpha value is -2.25. The predicted octanol–water partition coefficient (Wildman–Crippen LogP) is 1.58. The van der Waals surface area contributed by atoms with Gasteiger partial charge in [0, 0.05) is 24.5 Å². The first-order valence-corrected chi connectivity index (χ1v) is 10.1. The molecule has 3 N–H and O–H groups in total. The van der Waals surface area contributed by atoms with Crippen LogP contribution < -0.4 is 10.6 Å². The first kappa shape index (κ1) is 20.5. The van der Waals surface area contributed by atoms with E-state index in [1.54, 1.807) is 36.7 Å². The molecule has 3 rings (SSSR count). The quantitative estimate of drug-likeness (QED) is 0.617. The number of nitrogens with one attached hydrogen (secondary N) is 2. The van der Waals surface area contributed by atoms with Gasteiger partial charge in [-0.2, -0.15) is 0 Å². The highest BCUT2D eigenvalue weighted by molar-refractivity contribution is 5.94. The Balaban J connectivity index is 1.48. The van der Waals surface area contributed by atoms with Crippen LogP contribution in [-0.4, -0.2) is 53.3 Å². The highest BCUT2D eigenvalue weighted by Crippen LogP contribution is 2.23. The number of ether oxygens (including phenoxy) is 1. The fraction of sp³-hybridized carbons (Fsp3) is 0.571. The zero-order chi connectivity index (χ0) is 19.8. The molecule has 0 spiro atoms. The number of nitrogens with zero attached hydrogens (tertiary/aromatic N) is 1. The van der Waals surface area contributed by atoms with Crippen molar-refractivity contribution in [2.75, 3.05) is 13.2 Å². The number of pyridine rings is 1. The Morgan fingerprint density at radius 3 is 2.61 bits per heavy atom. The fourth-order valence-corrected chi connectivity index (χ4v) is 3.78. The molecule has 3 atom stereocenters. The third-order valence-electron chi connectivity index (χ3n) is 5.40. The maximum Gasteiger partial charge on any atom is 0.251 e. The van der Waals surface area contributed by atoms with Crippen molar-refractivity contribution in [2.45, 2.75) is 56.8 Å². The highest BCUT2D eigenvalue weighted by Gasteiger charge is 2.29. The van der Waals surface area contributed by atoms with E-state index in [-0.39, 0.29) is 24.8 Å². The van der Waals surface area contributed by atoms with E-state index < -0.39 is 18.2 Å². The topological polar surface area (TPSA) is 101 Å². The van der Waals surface area contributed by atoms with Gasteiger partial charge >= 0.3 is 0 Å². The molecule has 1 aliphatic heterocycles. The smallest absolute Gasteiger partial charge is 0.251 e. The molecule has 0 bridgehead atoms. The molecular formula is C21H29N3O4. The van der Waals surface area contributed by atoms with Crippen molar-refractivity contribution >= 4 is 11.8 Å². The lowest BCUT2D eigenvalue weighted by atomic mass is 9.89. The summed E-state index contributed by atoms with van der Waals surface area (Å²) >= 11 is 0. The van der Waals surface area contributed by atoms with Crippen LogP contribution in [0.3, 0.4) is 0 Å². The molecular weight excluding hydrogens is 358 g/mol. The zero-order valence-electron chi connectivity index (χ0n) is 16.0. The molecule has 1 fully saturated rings. The van der Waals surface area contributed by atoms with E-state index in [9.17, 15) is 14.7 Å². The molecule has 2 amide bonds. The molecule has 2 heterocycles. The fourth-order valence-electron chi connectivity index (χ4n) is 3.78. The average Bonchev–Trinajstić information content (AvgIpc) is 2.74. The summed E-state index contributed by atoms with van der Waals surface area (Å²) in [6, 6.07) is 2.79. The van der Waals surface area contributed by atoms with Gasteiger partial charge in [0.2, 0.25) is 5.91 Å². The second-order valence-electron chi connectivity index (χ2n) is 7.53. The Morgan fingerprint density at radius 2 is 1.89 bits per heavy atom. The van der Waals surface area contributed by atoms with Gasteiger partial charge in [-0.25, -0.2) is 0 Å². The van der Waals surface area contributed by atoms with Crippen molar-refractivity contribution in [3.05, 3.63) is 42.2 Å². The van der Waals surface area contributed by atoms with Crippen molar-refractivity contribution in [2.24, 2.45) is 5.92 Å².